The Kier molecular flexibility index (Phi) is 1.31. The van der Waals surface area contributed by atoms with Crippen LogP contribution in [0.15, 0.2) is 29.6 Å². The number of hydrogen-bond acceptors (Lipinski definition) is 2. The summed E-state index contributed by atoms with van der Waals surface area (Å²) in [6.45, 7) is 0. The summed E-state index contributed by atoms with van der Waals surface area (Å²) in [7, 11) is 0. The van der Waals surface area contributed by atoms with Crippen molar-refractivity contribution < 1.29 is 5.11 Å². The molecule has 2 nitrogen and oxygen atoms in total. The molecule has 0 spiro atoms. The fourth-order valence-electron chi connectivity index (χ4n) is 0.519. The van der Waals surface area contributed by atoms with Gasteiger partial charge >= 0.3 is 0 Å². The van der Waals surface area contributed by atoms with Crippen LogP contribution < -0.4 is 0 Å². The van der Waals surface area contributed by atoms with Crippen LogP contribution >= 0.6 is 0 Å². The molecule has 0 heterocycles. The van der Waals surface area contributed by atoms with Crippen molar-refractivity contribution in [3.05, 3.63) is 35.6 Å². The average Bonchev–Trinajstić information content (AvgIpc) is 1.88. The molecule has 1 rings (SSSR count). The highest BCUT2D eigenvalue weighted by molar-refractivity contribution is 5.40. The highest BCUT2D eigenvalue weighted by atomic mass is 16.3. The van der Waals surface area contributed by atoms with E-state index in [9.17, 15) is 0 Å². The second-order valence-electron chi connectivity index (χ2n) is 1.57. The molecule has 0 radical (unpaired) electrons. The van der Waals surface area contributed by atoms with E-state index in [1.807, 2.05) is 6.07 Å². The van der Waals surface area contributed by atoms with Gasteiger partial charge in [0, 0.05) is 6.08 Å². The van der Waals surface area contributed by atoms with Crippen LogP contribution in [0.1, 0.15) is 0 Å². The maximum atomic E-state index is 8.77. The number of rotatable bonds is 0. The summed E-state index contributed by atoms with van der Waals surface area (Å²) in [5.74, 6) is 0.102. The van der Waals surface area contributed by atoms with Crippen molar-refractivity contribution in [2.24, 2.45) is 0 Å². The first kappa shape index (κ1) is 5.55. The van der Waals surface area contributed by atoms with E-state index in [0.29, 0.717) is 5.57 Å². The number of nitriles is 1. The Morgan fingerprint density at radius 2 is 2.44 bits per heavy atom. The lowest BCUT2D eigenvalue weighted by Crippen LogP contribution is -1.82. The zero-order valence-electron chi connectivity index (χ0n) is 4.63. The number of hydrogen-bond donors (Lipinski definition) is 1. The molecular formula is C7H4NO+. The molecular weight excluding hydrogens is 114 g/mol. The molecule has 0 bridgehead atoms. The Balaban J connectivity index is 2.95. The van der Waals surface area contributed by atoms with Crippen molar-refractivity contribution in [1.29, 1.82) is 5.26 Å². The Morgan fingerprint density at radius 3 is 2.89 bits per heavy atom. The fourth-order valence-corrected chi connectivity index (χ4v) is 0.519. The predicted molar refractivity (Wildman–Crippen MR) is 32.2 cm³/mol. The molecule has 1 aliphatic rings. The number of aliphatic hydroxyl groups is 1. The van der Waals surface area contributed by atoms with Crippen LogP contribution in [0.3, 0.4) is 0 Å². The quantitative estimate of drug-likeness (QED) is 0.486. The van der Waals surface area contributed by atoms with Gasteiger partial charge in [0.1, 0.15) is 0 Å². The lowest BCUT2D eigenvalue weighted by atomic mass is 10.2. The third kappa shape index (κ3) is 1.16. The van der Waals surface area contributed by atoms with Crippen molar-refractivity contribution in [3.8, 4) is 6.07 Å². The van der Waals surface area contributed by atoms with Crippen LogP contribution in [-0.4, -0.2) is 5.11 Å². The van der Waals surface area contributed by atoms with Crippen molar-refractivity contribution in [2.75, 3.05) is 0 Å². The molecule has 0 atom stereocenters. The molecule has 1 aliphatic carbocycles. The first-order chi connectivity index (χ1) is 4.33. The van der Waals surface area contributed by atoms with E-state index < -0.39 is 0 Å². The summed E-state index contributed by atoms with van der Waals surface area (Å²) in [6, 6.07) is 1.85. The Labute approximate surface area is 53.0 Å². The Hall–Kier alpha value is -1.58. The average molecular weight is 118 g/mol. The van der Waals surface area contributed by atoms with Gasteiger partial charge < -0.3 is 5.11 Å². The number of allylic oxidation sites excluding steroid dienone is 5. The summed E-state index contributed by atoms with van der Waals surface area (Å²) >= 11 is 0. The monoisotopic (exact) mass is 118 g/mol. The van der Waals surface area contributed by atoms with Crippen LogP contribution in [0, 0.1) is 17.4 Å². The van der Waals surface area contributed by atoms with Crippen molar-refractivity contribution in [1.82, 2.24) is 0 Å². The third-order valence-electron chi connectivity index (χ3n) is 0.906. The van der Waals surface area contributed by atoms with E-state index in [1.54, 1.807) is 0 Å². The van der Waals surface area contributed by atoms with E-state index in [2.05, 4.69) is 6.08 Å². The smallest absolute Gasteiger partial charge is 0.239 e. The predicted octanol–water partition coefficient (Wildman–Crippen LogP) is 1.25. The van der Waals surface area contributed by atoms with E-state index in [-0.39, 0.29) is 5.76 Å². The van der Waals surface area contributed by atoms with Gasteiger partial charge in [0.05, 0.1) is 18.2 Å². The van der Waals surface area contributed by atoms with Crippen LogP contribution in [-0.2, 0) is 0 Å². The lowest BCUT2D eigenvalue weighted by molar-refractivity contribution is 0.431. The molecule has 0 fully saturated rings. The van der Waals surface area contributed by atoms with E-state index >= 15 is 0 Å². The molecule has 0 saturated heterocycles. The van der Waals surface area contributed by atoms with Gasteiger partial charge in [0.15, 0.2) is 0 Å². The normalized spacial score (nSPS) is 15.0. The van der Waals surface area contributed by atoms with E-state index in [0.717, 1.165) is 0 Å². The standard InChI is InChI=1S/C7H3NO/c8-5-6-2-1-3-7(9)4-6/h1,3-4H/p+1. The molecule has 0 saturated carbocycles. The van der Waals surface area contributed by atoms with Gasteiger partial charge in [0.2, 0.25) is 17.4 Å². The summed E-state index contributed by atoms with van der Waals surface area (Å²) in [5, 5.41) is 17.0. The van der Waals surface area contributed by atoms with Gasteiger partial charge in [-0.3, -0.25) is 0 Å². The largest absolute Gasteiger partial charge is 0.492 e. The molecule has 0 aromatic heterocycles. The summed E-state index contributed by atoms with van der Waals surface area (Å²) in [6.07, 6.45) is 6.98. The zero-order valence-corrected chi connectivity index (χ0v) is 4.63. The zero-order chi connectivity index (χ0) is 6.69. The topological polar surface area (TPSA) is 44.0 Å². The Morgan fingerprint density at radius 1 is 1.67 bits per heavy atom. The first-order valence-electron chi connectivity index (χ1n) is 2.44. The van der Waals surface area contributed by atoms with Crippen molar-refractivity contribution in [2.45, 2.75) is 0 Å². The fraction of sp³-hybridized carbons (Fsp3) is 0. The van der Waals surface area contributed by atoms with Gasteiger partial charge in [-0.05, 0) is 0 Å². The second-order valence-corrected chi connectivity index (χ2v) is 1.57. The molecule has 0 aromatic rings. The molecule has 2 heteroatoms. The van der Waals surface area contributed by atoms with Gasteiger partial charge in [0.25, 0.3) is 0 Å². The molecule has 9 heavy (non-hydrogen) atoms. The van der Waals surface area contributed by atoms with Gasteiger partial charge in [-0.25, -0.2) is 0 Å². The first-order valence-corrected chi connectivity index (χ1v) is 2.44. The minimum atomic E-state index is 0.102. The summed E-state index contributed by atoms with van der Waals surface area (Å²) < 4.78 is 0. The molecule has 0 aliphatic heterocycles. The molecule has 0 unspecified atom stereocenters. The molecule has 0 amide bonds. The summed E-state index contributed by atoms with van der Waals surface area (Å²) in [5.41, 5.74) is 0.356. The van der Waals surface area contributed by atoms with Crippen molar-refractivity contribution >= 4 is 0 Å². The van der Waals surface area contributed by atoms with E-state index in [4.69, 9.17) is 10.4 Å². The molecule has 0 aromatic carbocycles. The highest BCUT2D eigenvalue weighted by Gasteiger charge is 2.06. The van der Waals surface area contributed by atoms with Gasteiger partial charge in [-0.2, -0.15) is 0 Å². The third-order valence-corrected chi connectivity index (χ3v) is 0.906. The van der Waals surface area contributed by atoms with E-state index in [1.165, 1.54) is 18.2 Å². The van der Waals surface area contributed by atoms with Crippen molar-refractivity contribution in [3.63, 3.8) is 0 Å². The number of aliphatic hydroxyl groups excluding tert-OH is 1. The Bertz CT molecular complexity index is 240. The van der Waals surface area contributed by atoms with Gasteiger partial charge in [-0.1, -0.05) is 0 Å². The SMILES string of the molecule is N#CC1=[C+]C=CC(O)=C1. The van der Waals surface area contributed by atoms with Crippen LogP contribution in [0.4, 0.5) is 0 Å². The highest BCUT2D eigenvalue weighted by Crippen LogP contribution is 2.05. The minimum Gasteiger partial charge on any atom is -0.492 e. The van der Waals surface area contributed by atoms with Crippen LogP contribution in [0.5, 0.6) is 0 Å². The number of nitrogens with zero attached hydrogens (tertiary/aromatic N) is 1. The second kappa shape index (κ2) is 2.13. The minimum absolute atomic E-state index is 0.102. The maximum absolute atomic E-state index is 8.77. The summed E-state index contributed by atoms with van der Waals surface area (Å²) in [4.78, 5) is 0. The lowest BCUT2D eigenvalue weighted by Gasteiger charge is -1.83. The van der Waals surface area contributed by atoms with Gasteiger partial charge in [-0.15, -0.1) is 5.26 Å². The maximum Gasteiger partial charge on any atom is 0.239 e. The molecule has 42 valence electrons. The van der Waals surface area contributed by atoms with Crippen LogP contribution in [0.25, 0.3) is 0 Å². The molecule has 1 N–H and O–H groups in total. The van der Waals surface area contributed by atoms with Crippen LogP contribution in [0.2, 0.25) is 0 Å².